The lowest BCUT2D eigenvalue weighted by atomic mass is 10.1. The Morgan fingerprint density at radius 2 is 2.23 bits per heavy atom. The summed E-state index contributed by atoms with van der Waals surface area (Å²) in [6.45, 7) is 4.09. The largest absolute Gasteiger partial charge is 0.491 e. The van der Waals surface area contributed by atoms with Gasteiger partial charge in [-0.1, -0.05) is 24.2 Å². The molecule has 22 heavy (non-hydrogen) atoms. The fourth-order valence-corrected chi connectivity index (χ4v) is 2.70. The number of amides is 1. The fraction of sp³-hybridized carbons (Fsp3) is 0.438. The molecular formula is C16H17N3O3. The molecule has 1 aliphatic heterocycles. The van der Waals surface area contributed by atoms with Crippen LogP contribution in [0.5, 0.6) is 5.75 Å². The molecule has 6 nitrogen and oxygen atoms in total. The average molecular weight is 299 g/mol. The van der Waals surface area contributed by atoms with Crippen molar-refractivity contribution in [2.75, 3.05) is 6.61 Å². The molecule has 6 heteroatoms. The molecule has 0 spiro atoms. The Kier molecular flexibility index (Phi) is 2.76. The Bertz CT molecular complexity index is 749. The van der Waals surface area contributed by atoms with Gasteiger partial charge < -0.3 is 14.6 Å². The second-order valence-corrected chi connectivity index (χ2v) is 6.30. The van der Waals surface area contributed by atoms with Crippen LogP contribution in [0.2, 0.25) is 0 Å². The summed E-state index contributed by atoms with van der Waals surface area (Å²) in [7, 11) is 0. The molecule has 0 bridgehead atoms. The van der Waals surface area contributed by atoms with Gasteiger partial charge in [0.15, 0.2) is 0 Å². The van der Waals surface area contributed by atoms with Crippen LogP contribution < -0.4 is 10.1 Å². The smallest absolute Gasteiger partial charge is 0.232 e. The highest BCUT2D eigenvalue weighted by atomic mass is 16.5. The number of nitrogens with one attached hydrogen (secondary N) is 1. The molecule has 0 radical (unpaired) electrons. The maximum atomic E-state index is 11.2. The third-order valence-corrected chi connectivity index (χ3v) is 4.37. The zero-order valence-electron chi connectivity index (χ0n) is 12.5. The highest BCUT2D eigenvalue weighted by molar-refractivity contribution is 5.74. The first-order chi connectivity index (χ1) is 10.5. The Morgan fingerprint density at radius 3 is 2.95 bits per heavy atom. The monoisotopic (exact) mass is 299 g/mol. The lowest BCUT2D eigenvalue weighted by molar-refractivity contribution is -0.119. The number of hydrogen-bond acceptors (Lipinski definition) is 5. The molecule has 1 aromatic heterocycles. The minimum absolute atomic E-state index is 0.0639. The quantitative estimate of drug-likeness (QED) is 0.941. The van der Waals surface area contributed by atoms with Gasteiger partial charge in [-0.25, -0.2) is 0 Å². The number of benzene rings is 1. The van der Waals surface area contributed by atoms with Crippen molar-refractivity contribution in [3.63, 3.8) is 0 Å². The molecule has 1 aliphatic carbocycles. The first kappa shape index (κ1) is 13.3. The summed E-state index contributed by atoms with van der Waals surface area (Å²) in [4.78, 5) is 15.7. The van der Waals surface area contributed by atoms with E-state index in [4.69, 9.17) is 9.26 Å². The van der Waals surface area contributed by atoms with Crippen LogP contribution in [-0.4, -0.2) is 22.7 Å². The SMILES string of the molecule is CC(=O)N[C@@H]1COc2cc(-c3noc(C4(C)CC4)n3)ccc21. The van der Waals surface area contributed by atoms with Crippen molar-refractivity contribution >= 4 is 5.91 Å². The maximum absolute atomic E-state index is 11.2. The van der Waals surface area contributed by atoms with Crippen LogP contribution >= 0.6 is 0 Å². The van der Waals surface area contributed by atoms with Crippen molar-refractivity contribution in [3.8, 4) is 17.1 Å². The van der Waals surface area contributed by atoms with Crippen molar-refractivity contribution in [2.45, 2.75) is 38.1 Å². The van der Waals surface area contributed by atoms with Crippen molar-refractivity contribution in [3.05, 3.63) is 29.7 Å². The number of fused-ring (bicyclic) bond motifs is 1. The van der Waals surface area contributed by atoms with E-state index in [9.17, 15) is 4.79 Å². The summed E-state index contributed by atoms with van der Waals surface area (Å²) in [5.74, 6) is 1.99. The van der Waals surface area contributed by atoms with Crippen molar-refractivity contribution in [1.82, 2.24) is 15.5 Å². The van der Waals surface area contributed by atoms with Crippen LogP contribution in [0.4, 0.5) is 0 Å². The lowest BCUT2D eigenvalue weighted by Gasteiger charge is -2.09. The van der Waals surface area contributed by atoms with Crippen molar-refractivity contribution < 1.29 is 14.1 Å². The number of aromatic nitrogens is 2. The van der Waals surface area contributed by atoms with Gasteiger partial charge in [0.1, 0.15) is 12.4 Å². The fourth-order valence-electron chi connectivity index (χ4n) is 2.70. The minimum atomic E-state index is -0.0900. The third kappa shape index (κ3) is 2.15. The normalized spacial score (nSPS) is 21.1. The van der Waals surface area contributed by atoms with Gasteiger partial charge in [-0.2, -0.15) is 4.98 Å². The molecule has 1 fully saturated rings. The molecule has 0 saturated heterocycles. The summed E-state index contributed by atoms with van der Waals surface area (Å²) in [6.07, 6.45) is 2.20. The van der Waals surface area contributed by atoms with Crippen LogP contribution in [0.25, 0.3) is 11.4 Å². The number of nitrogens with zero attached hydrogens (tertiary/aromatic N) is 2. The van der Waals surface area contributed by atoms with E-state index in [-0.39, 0.29) is 17.4 Å². The summed E-state index contributed by atoms with van der Waals surface area (Å²) in [6, 6.07) is 5.70. The van der Waals surface area contributed by atoms with Gasteiger partial charge in [-0.3, -0.25) is 4.79 Å². The van der Waals surface area contributed by atoms with Crippen LogP contribution in [0.15, 0.2) is 22.7 Å². The molecule has 1 amide bonds. The van der Waals surface area contributed by atoms with Crippen LogP contribution in [0.1, 0.15) is 44.2 Å². The molecule has 2 aliphatic rings. The lowest BCUT2D eigenvalue weighted by Crippen LogP contribution is -2.26. The first-order valence-corrected chi connectivity index (χ1v) is 7.44. The highest BCUT2D eigenvalue weighted by Crippen LogP contribution is 2.47. The molecule has 2 aromatic rings. The zero-order valence-corrected chi connectivity index (χ0v) is 12.5. The van der Waals surface area contributed by atoms with E-state index < -0.39 is 0 Å². The van der Waals surface area contributed by atoms with E-state index in [1.165, 1.54) is 6.92 Å². The van der Waals surface area contributed by atoms with Crippen LogP contribution in [0.3, 0.4) is 0 Å². The molecule has 1 saturated carbocycles. The molecule has 0 unspecified atom stereocenters. The summed E-state index contributed by atoms with van der Waals surface area (Å²) in [5, 5.41) is 6.95. The van der Waals surface area contributed by atoms with Gasteiger partial charge >= 0.3 is 0 Å². The van der Waals surface area contributed by atoms with E-state index in [0.29, 0.717) is 18.3 Å². The number of hydrogen-bond donors (Lipinski definition) is 1. The zero-order chi connectivity index (χ0) is 15.3. The van der Waals surface area contributed by atoms with E-state index >= 15 is 0 Å². The second kappa shape index (κ2) is 4.56. The highest BCUT2D eigenvalue weighted by Gasteiger charge is 2.44. The summed E-state index contributed by atoms with van der Waals surface area (Å²) < 4.78 is 11.0. The molecule has 1 aromatic carbocycles. The van der Waals surface area contributed by atoms with Crippen LogP contribution in [0, 0.1) is 0 Å². The van der Waals surface area contributed by atoms with Crippen molar-refractivity contribution in [2.24, 2.45) is 0 Å². The van der Waals surface area contributed by atoms with Gasteiger partial charge in [0.2, 0.25) is 17.6 Å². The summed E-state index contributed by atoms with van der Waals surface area (Å²) in [5.41, 5.74) is 1.91. The third-order valence-electron chi connectivity index (χ3n) is 4.37. The predicted molar refractivity (Wildman–Crippen MR) is 78.4 cm³/mol. The standard InChI is InChI=1S/C16H17N3O3/c1-9(20)17-12-8-21-13-7-10(3-4-11(12)13)14-18-15(22-19-14)16(2)5-6-16/h3-4,7,12H,5-6,8H2,1-2H3,(H,17,20)/t12-/m1/s1. The molecule has 2 heterocycles. The first-order valence-electron chi connectivity index (χ1n) is 7.44. The summed E-state index contributed by atoms with van der Waals surface area (Å²) >= 11 is 0. The van der Waals surface area contributed by atoms with Gasteiger partial charge in [-0.05, 0) is 18.9 Å². The topological polar surface area (TPSA) is 77.2 Å². The van der Waals surface area contributed by atoms with Gasteiger partial charge in [0.05, 0.1) is 6.04 Å². The molecule has 114 valence electrons. The number of carbonyl (C=O) groups is 1. The van der Waals surface area contributed by atoms with Crippen LogP contribution in [-0.2, 0) is 10.2 Å². The Labute approximate surface area is 127 Å². The van der Waals surface area contributed by atoms with E-state index in [2.05, 4.69) is 22.4 Å². The van der Waals surface area contributed by atoms with E-state index in [0.717, 1.165) is 29.7 Å². The Hall–Kier alpha value is -2.37. The average Bonchev–Trinajstić information content (AvgIpc) is 2.92. The molecular weight excluding hydrogens is 282 g/mol. The Balaban J connectivity index is 1.62. The minimum Gasteiger partial charge on any atom is -0.491 e. The van der Waals surface area contributed by atoms with Gasteiger partial charge in [0.25, 0.3) is 0 Å². The van der Waals surface area contributed by atoms with Gasteiger partial charge in [0, 0.05) is 23.5 Å². The number of carbonyl (C=O) groups excluding carboxylic acids is 1. The van der Waals surface area contributed by atoms with E-state index in [1.54, 1.807) is 0 Å². The van der Waals surface area contributed by atoms with E-state index in [1.807, 2.05) is 18.2 Å². The predicted octanol–water partition coefficient (Wildman–Crippen LogP) is 2.36. The molecule has 1 atom stereocenters. The second-order valence-electron chi connectivity index (χ2n) is 6.30. The molecule has 1 N–H and O–H groups in total. The van der Waals surface area contributed by atoms with Crippen molar-refractivity contribution in [1.29, 1.82) is 0 Å². The Morgan fingerprint density at radius 1 is 1.41 bits per heavy atom. The number of ether oxygens (including phenoxy) is 1. The number of rotatable bonds is 3. The van der Waals surface area contributed by atoms with Gasteiger partial charge in [-0.15, -0.1) is 0 Å². The molecule has 4 rings (SSSR count). The maximum Gasteiger partial charge on any atom is 0.232 e.